The van der Waals surface area contributed by atoms with Gasteiger partial charge in [0.1, 0.15) is 5.82 Å². The van der Waals surface area contributed by atoms with E-state index < -0.39 is 0 Å². The van der Waals surface area contributed by atoms with E-state index in [1.54, 1.807) is 12.1 Å². The molecule has 1 saturated heterocycles. The summed E-state index contributed by atoms with van der Waals surface area (Å²) in [4.78, 5) is 2.12. The molecule has 1 aliphatic rings. The lowest BCUT2D eigenvalue weighted by atomic mass is 10.1. The maximum absolute atomic E-state index is 13.5. The molecule has 0 atom stereocenters. The summed E-state index contributed by atoms with van der Waals surface area (Å²) < 4.78 is 18.7. The second-order valence-corrected chi connectivity index (χ2v) is 3.58. The van der Waals surface area contributed by atoms with Crippen LogP contribution < -0.4 is 10.6 Å². The molecule has 1 aromatic rings. The molecule has 2 rings (SSSR count). The molecule has 0 radical (unpaired) electrons. The number of hydrogen-bond donors (Lipinski definition) is 1. The minimum Gasteiger partial charge on any atom is -0.378 e. The molecule has 1 aromatic carbocycles. The van der Waals surface area contributed by atoms with Gasteiger partial charge in [0.15, 0.2) is 0 Å². The Morgan fingerprint density at radius 2 is 2.00 bits per heavy atom. The second-order valence-electron chi connectivity index (χ2n) is 3.58. The molecule has 90 valence electrons. The number of morpholine rings is 1. The number of rotatable bonds is 2. The van der Waals surface area contributed by atoms with E-state index in [0.717, 1.165) is 18.8 Å². The van der Waals surface area contributed by atoms with Crippen molar-refractivity contribution in [2.75, 3.05) is 31.2 Å². The van der Waals surface area contributed by atoms with Crippen molar-refractivity contribution in [2.45, 2.75) is 6.54 Å². The van der Waals surface area contributed by atoms with E-state index in [4.69, 9.17) is 10.5 Å². The predicted molar refractivity (Wildman–Crippen MR) is 64.6 cm³/mol. The zero-order valence-corrected chi connectivity index (χ0v) is 9.80. The van der Waals surface area contributed by atoms with Crippen LogP contribution in [-0.4, -0.2) is 26.3 Å². The number of nitrogens with two attached hydrogens (primary N) is 1. The first kappa shape index (κ1) is 13.2. The summed E-state index contributed by atoms with van der Waals surface area (Å²) in [5, 5.41) is 0. The van der Waals surface area contributed by atoms with Gasteiger partial charge in [-0.25, -0.2) is 4.39 Å². The highest BCUT2D eigenvalue weighted by atomic mass is 35.5. The third-order valence-corrected chi connectivity index (χ3v) is 2.63. The average molecular weight is 247 g/mol. The Morgan fingerprint density at radius 1 is 1.31 bits per heavy atom. The second kappa shape index (κ2) is 6.03. The Morgan fingerprint density at radius 3 is 2.56 bits per heavy atom. The van der Waals surface area contributed by atoms with Crippen LogP contribution in [0, 0.1) is 5.82 Å². The van der Waals surface area contributed by atoms with Gasteiger partial charge in [-0.2, -0.15) is 0 Å². The number of benzene rings is 1. The minimum atomic E-state index is -0.221. The van der Waals surface area contributed by atoms with Crippen LogP contribution in [0.15, 0.2) is 18.2 Å². The molecule has 1 aliphatic heterocycles. The molecule has 16 heavy (non-hydrogen) atoms. The molecule has 0 spiro atoms. The van der Waals surface area contributed by atoms with Crippen LogP contribution >= 0.6 is 12.4 Å². The molecule has 0 saturated carbocycles. The van der Waals surface area contributed by atoms with Crippen molar-refractivity contribution in [3.63, 3.8) is 0 Å². The molecule has 3 nitrogen and oxygen atoms in total. The number of hydrogen-bond acceptors (Lipinski definition) is 3. The fourth-order valence-electron chi connectivity index (χ4n) is 1.72. The summed E-state index contributed by atoms with van der Waals surface area (Å²) in [6.45, 7) is 3.30. The highest BCUT2D eigenvalue weighted by Gasteiger charge is 2.12. The van der Waals surface area contributed by atoms with Gasteiger partial charge in [-0.1, -0.05) is 6.07 Å². The van der Waals surface area contributed by atoms with Crippen LogP contribution in [0.25, 0.3) is 0 Å². The summed E-state index contributed by atoms with van der Waals surface area (Å²) in [6, 6.07) is 5.21. The standard InChI is InChI=1S/C11H15FN2O.ClH/c12-11-7-10(2-1-9(11)8-13)14-3-5-15-6-4-14;/h1-2,7H,3-6,8,13H2;1H. The fourth-order valence-corrected chi connectivity index (χ4v) is 1.72. The van der Waals surface area contributed by atoms with Crippen molar-refractivity contribution >= 4 is 18.1 Å². The molecule has 0 aliphatic carbocycles. The zero-order valence-electron chi connectivity index (χ0n) is 8.99. The highest BCUT2D eigenvalue weighted by molar-refractivity contribution is 5.85. The van der Waals surface area contributed by atoms with Crippen molar-refractivity contribution in [1.82, 2.24) is 0 Å². The summed E-state index contributed by atoms with van der Waals surface area (Å²) in [5.41, 5.74) is 6.88. The average Bonchev–Trinajstić information content (AvgIpc) is 2.30. The third-order valence-electron chi connectivity index (χ3n) is 2.63. The van der Waals surface area contributed by atoms with E-state index in [9.17, 15) is 4.39 Å². The quantitative estimate of drug-likeness (QED) is 0.861. The van der Waals surface area contributed by atoms with E-state index in [0.29, 0.717) is 18.8 Å². The Labute approximate surface area is 101 Å². The summed E-state index contributed by atoms with van der Waals surface area (Å²) in [5.74, 6) is -0.221. The van der Waals surface area contributed by atoms with Crippen molar-refractivity contribution in [3.05, 3.63) is 29.6 Å². The highest BCUT2D eigenvalue weighted by Crippen LogP contribution is 2.19. The van der Waals surface area contributed by atoms with Crippen molar-refractivity contribution in [3.8, 4) is 0 Å². The monoisotopic (exact) mass is 246 g/mol. The molecule has 0 unspecified atom stereocenters. The van der Waals surface area contributed by atoms with E-state index >= 15 is 0 Å². The molecule has 5 heteroatoms. The first-order valence-corrected chi connectivity index (χ1v) is 5.12. The summed E-state index contributed by atoms with van der Waals surface area (Å²) >= 11 is 0. The predicted octanol–water partition coefficient (Wildman–Crippen LogP) is 1.54. The number of anilines is 1. The number of nitrogens with zero attached hydrogens (tertiary/aromatic N) is 1. The largest absolute Gasteiger partial charge is 0.378 e. The smallest absolute Gasteiger partial charge is 0.129 e. The van der Waals surface area contributed by atoms with E-state index in [-0.39, 0.29) is 24.8 Å². The van der Waals surface area contributed by atoms with Gasteiger partial charge in [0.05, 0.1) is 13.2 Å². The molecule has 2 N–H and O–H groups in total. The Kier molecular flexibility index (Phi) is 4.99. The van der Waals surface area contributed by atoms with Crippen LogP contribution in [-0.2, 0) is 11.3 Å². The maximum Gasteiger partial charge on any atom is 0.129 e. The molecular weight excluding hydrogens is 231 g/mol. The maximum atomic E-state index is 13.5. The Bertz CT molecular complexity index is 343. The van der Waals surface area contributed by atoms with Crippen LogP contribution in [0.3, 0.4) is 0 Å². The fraction of sp³-hybridized carbons (Fsp3) is 0.455. The van der Waals surface area contributed by atoms with Gasteiger partial charge in [-0.3, -0.25) is 0 Å². The lowest BCUT2D eigenvalue weighted by molar-refractivity contribution is 0.122. The first-order chi connectivity index (χ1) is 7.31. The van der Waals surface area contributed by atoms with Crippen molar-refractivity contribution < 1.29 is 9.13 Å². The van der Waals surface area contributed by atoms with Crippen molar-refractivity contribution in [2.24, 2.45) is 5.73 Å². The molecule has 0 bridgehead atoms. The normalized spacial score (nSPS) is 15.8. The van der Waals surface area contributed by atoms with Gasteiger partial charge in [-0.15, -0.1) is 12.4 Å². The van der Waals surface area contributed by atoms with Gasteiger partial charge >= 0.3 is 0 Å². The SMILES string of the molecule is Cl.NCc1ccc(N2CCOCC2)cc1F. The van der Waals surface area contributed by atoms with Gasteiger partial charge in [-0.05, 0) is 12.1 Å². The van der Waals surface area contributed by atoms with Crippen LogP contribution in [0.2, 0.25) is 0 Å². The number of halogens is 2. The molecule has 0 aromatic heterocycles. The van der Waals surface area contributed by atoms with Gasteiger partial charge in [0, 0.05) is 30.9 Å². The van der Waals surface area contributed by atoms with E-state index in [1.807, 2.05) is 6.07 Å². The van der Waals surface area contributed by atoms with Crippen molar-refractivity contribution in [1.29, 1.82) is 0 Å². The van der Waals surface area contributed by atoms with E-state index in [2.05, 4.69) is 4.90 Å². The van der Waals surface area contributed by atoms with Gasteiger partial charge < -0.3 is 15.4 Å². The van der Waals surface area contributed by atoms with Gasteiger partial charge in [0.2, 0.25) is 0 Å². The molecular formula is C11H16ClFN2O. The first-order valence-electron chi connectivity index (χ1n) is 5.12. The minimum absolute atomic E-state index is 0. The summed E-state index contributed by atoms with van der Waals surface area (Å²) in [7, 11) is 0. The topological polar surface area (TPSA) is 38.5 Å². The Hall–Kier alpha value is -0.840. The molecule has 0 amide bonds. The van der Waals surface area contributed by atoms with Crippen LogP contribution in [0.5, 0.6) is 0 Å². The Balaban J connectivity index is 0.00000128. The van der Waals surface area contributed by atoms with Crippen LogP contribution in [0.4, 0.5) is 10.1 Å². The third kappa shape index (κ3) is 2.84. The molecule has 1 heterocycles. The summed E-state index contributed by atoms with van der Waals surface area (Å²) in [6.07, 6.45) is 0. The lowest BCUT2D eigenvalue weighted by Crippen LogP contribution is -2.36. The van der Waals surface area contributed by atoms with Crippen LogP contribution in [0.1, 0.15) is 5.56 Å². The lowest BCUT2D eigenvalue weighted by Gasteiger charge is -2.29. The molecule has 1 fully saturated rings. The number of ether oxygens (including phenoxy) is 1. The zero-order chi connectivity index (χ0) is 10.7. The van der Waals surface area contributed by atoms with E-state index in [1.165, 1.54) is 0 Å². The van der Waals surface area contributed by atoms with Gasteiger partial charge in [0.25, 0.3) is 0 Å².